The third-order valence-corrected chi connectivity index (χ3v) is 13.0. The molecule has 0 bridgehead atoms. The molecule has 3 heterocycles. The van der Waals surface area contributed by atoms with Crippen LogP contribution in [0.4, 0.5) is 0 Å². The first kappa shape index (κ1) is 35.9. The van der Waals surface area contributed by atoms with E-state index in [4.69, 9.17) is 15.0 Å². The van der Waals surface area contributed by atoms with Crippen LogP contribution in [-0.4, -0.2) is 19.5 Å². The number of nitrogens with zero attached hydrogens (tertiary/aromatic N) is 4. The molecule has 9 aromatic carbocycles. The number of thiophene rings is 1. The Kier molecular flexibility index (Phi) is 8.65. The van der Waals surface area contributed by atoms with Gasteiger partial charge in [0, 0.05) is 53.3 Å². The van der Waals surface area contributed by atoms with E-state index in [9.17, 15) is 0 Å². The Morgan fingerprint density at radius 3 is 1.34 bits per heavy atom. The van der Waals surface area contributed by atoms with E-state index in [0.29, 0.717) is 17.5 Å². The van der Waals surface area contributed by atoms with Gasteiger partial charge in [0.25, 0.3) is 0 Å². The fourth-order valence-corrected chi connectivity index (χ4v) is 9.98. The average Bonchev–Trinajstić information content (AvgIpc) is 3.90. The minimum Gasteiger partial charge on any atom is -0.309 e. The maximum Gasteiger partial charge on any atom is 0.164 e. The molecule has 62 heavy (non-hydrogen) atoms. The molecule has 0 N–H and O–H groups in total. The van der Waals surface area contributed by atoms with Crippen molar-refractivity contribution in [2.24, 2.45) is 0 Å². The van der Waals surface area contributed by atoms with Gasteiger partial charge in [0.2, 0.25) is 0 Å². The van der Waals surface area contributed by atoms with Crippen LogP contribution in [0.1, 0.15) is 0 Å². The van der Waals surface area contributed by atoms with E-state index in [1.165, 1.54) is 30.9 Å². The van der Waals surface area contributed by atoms with Crippen LogP contribution >= 0.6 is 11.3 Å². The first-order chi connectivity index (χ1) is 30.7. The summed E-state index contributed by atoms with van der Waals surface area (Å²) in [6.45, 7) is 0. The molecule has 4 nitrogen and oxygen atoms in total. The van der Waals surface area contributed by atoms with Crippen molar-refractivity contribution in [2.45, 2.75) is 0 Å². The van der Waals surface area contributed by atoms with E-state index >= 15 is 0 Å². The van der Waals surface area contributed by atoms with Gasteiger partial charge in [-0.3, -0.25) is 0 Å². The minimum absolute atomic E-state index is 0.607. The SMILES string of the molecule is c1ccc(-c2ccc(-c3nc(-c4ccc(-c5ccccc5)cc4)nc(-c4cc(-c5ccccc5)cc(-n5c6ccccc6c6c7c(ccc65)sc5ccccc57)c4)n3)cc2)cc1. The molecular formula is C57H36N4S. The molecule has 3 aromatic heterocycles. The van der Waals surface area contributed by atoms with E-state index in [1.54, 1.807) is 0 Å². The Hall–Kier alpha value is -7.99. The summed E-state index contributed by atoms with van der Waals surface area (Å²) in [6, 6.07) is 77.4. The normalized spacial score (nSPS) is 11.5. The number of hydrogen-bond acceptors (Lipinski definition) is 4. The molecule has 0 saturated carbocycles. The maximum absolute atomic E-state index is 5.29. The summed E-state index contributed by atoms with van der Waals surface area (Å²) < 4.78 is 5.00. The standard InChI is InChI=1S/C57H36N4S/c1-4-14-37(15-5-1)40-24-28-42(29-25-40)55-58-56(43-30-26-41(27-31-43)38-16-6-2-7-17-38)60-57(59-55)45-34-44(39-18-8-3-9-19-39)35-46(36-45)61-49-22-12-10-20-47(49)53-50(61)32-33-52-54(53)48-21-11-13-23-51(48)62-52/h1-36H. The van der Waals surface area contributed by atoms with Crippen molar-refractivity contribution < 1.29 is 0 Å². The molecule has 0 aliphatic heterocycles. The lowest BCUT2D eigenvalue weighted by molar-refractivity contribution is 1.07. The highest BCUT2D eigenvalue weighted by molar-refractivity contribution is 7.26. The largest absolute Gasteiger partial charge is 0.309 e. The molecule has 0 aliphatic rings. The summed E-state index contributed by atoms with van der Waals surface area (Å²) in [6.07, 6.45) is 0. The van der Waals surface area contributed by atoms with E-state index in [-0.39, 0.29) is 0 Å². The van der Waals surface area contributed by atoms with Gasteiger partial charge in [0.15, 0.2) is 17.5 Å². The Morgan fingerprint density at radius 2 is 0.742 bits per heavy atom. The summed E-state index contributed by atoms with van der Waals surface area (Å²) in [5, 5.41) is 5.09. The van der Waals surface area contributed by atoms with Gasteiger partial charge in [-0.2, -0.15) is 0 Å². The first-order valence-electron chi connectivity index (χ1n) is 20.8. The molecule has 0 fully saturated rings. The molecule has 0 amide bonds. The maximum atomic E-state index is 5.29. The number of fused-ring (bicyclic) bond motifs is 7. The predicted molar refractivity (Wildman–Crippen MR) is 260 cm³/mol. The second-order valence-corrected chi connectivity index (χ2v) is 16.7. The van der Waals surface area contributed by atoms with Crippen LogP contribution in [-0.2, 0) is 0 Å². The van der Waals surface area contributed by atoms with Crippen LogP contribution in [0.3, 0.4) is 0 Å². The van der Waals surface area contributed by atoms with Crippen molar-refractivity contribution in [3.8, 4) is 73.2 Å². The Balaban J connectivity index is 1.08. The Labute approximate surface area is 362 Å². The molecule has 5 heteroatoms. The summed E-state index contributed by atoms with van der Waals surface area (Å²) in [4.78, 5) is 15.7. The topological polar surface area (TPSA) is 43.6 Å². The fraction of sp³-hybridized carbons (Fsp3) is 0. The number of benzene rings is 9. The van der Waals surface area contributed by atoms with Gasteiger partial charge in [-0.05, 0) is 75.8 Å². The van der Waals surface area contributed by atoms with Gasteiger partial charge < -0.3 is 4.57 Å². The number of aromatic nitrogens is 4. The van der Waals surface area contributed by atoms with Crippen LogP contribution in [0, 0.1) is 0 Å². The lowest BCUT2D eigenvalue weighted by Gasteiger charge is -2.14. The minimum atomic E-state index is 0.607. The van der Waals surface area contributed by atoms with E-state index in [1.807, 2.05) is 23.5 Å². The zero-order valence-corrected chi connectivity index (χ0v) is 34.3. The molecule has 12 rings (SSSR count). The number of hydrogen-bond donors (Lipinski definition) is 0. The van der Waals surface area contributed by atoms with Crippen molar-refractivity contribution in [1.29, 1.82) is 0 Å². The van der Waals surface area contributed by atoms with E-state index in [0.717, 1.165) is 66.8 Å². The highest BCUT2D eigenvalue weighted by Gasteiger charge is 2.20. The Bertz CT molecular complexity index is 3490. The zero-order chi connectivity index (χ0) is 41.0. The van der Waals surface area contributed by atoms with Gasteiger partial charge in [-0.1, -0.05) is 176 Å². The van der Waals surface area contributed by atoms with Gasteiger partial charge in [0.05, 0.1) is 11.0 Å². The smallest absolute Gasteiger partial charge is 0.164 e. The van der Waals surface area contributed by atoms with E-state index < -0.39 is 0 Å². The van der Waals surface area contributed by atoms with Crippen LogP contribution in [0.5, 0.6) is 0 Å². The lowest BCUT2D eigenvalue weighted by atomic mass is 10.0. The highest BCUT2D eigenvalue weighted by atomic mass is 32.1. The Morgan fingerprint density at radius 1 is 0.290 bits per heavy atom. The molecule has 0 unspecified atom stereocenters. The van der Waals surface area contributed by atoms with Crippen LogP contribution in [0.2, 0.25) is 0 Å². The molecule has 0 aliphatic carbocycles. The van der Waals surface area contributed by atoms with Crippen LogP contribution in [0.15, 0.2) is 218 Å². The van der Waals surface area contributed by atoms with Crippen LogP contribution < -0.4 is 0 Å². The summed E-state index contributed by atoms with van der Waals surface area (Å²) >= 11 is 1.86. The van der Waals surface area contributed by atoms with Crippen LogP contribution in [0.25, 0.3) is 115 Å². The monoisotopic (exact) mass is 808 g/mol. The second-order valence-electron chi connectivity index (χ2n) is 15.6. The lowest BCUT2D eigenvalue weighted by Crippen LogP contribution is -2.02. The average molecular weight is 809 g/mol. The molecule has 290 valence electrons. The number of rotatable bonds is 7. The van der Waals surface area contributed by atoms with Crippen molar-refractivity contribution in [1.82, 2.24) is 19.5 Å². The highest BCUT2D eigenvalue weighted by Crippen LogP contribution is 2.44. The summed E-state index contributed by atoms with van der Waals surface area (Å²) in [7, 11) is 0. The van der Waals surface area contributed by atoms with Gasteiger partial charge in [-0.15, -0.1) is 11.3 Å². The number of para-hydroxylation sites is 1. The summed E-state index contributed by atoms with van der Waals surface area (Å²) in [5.41, 5.74) is 12.9. The molecule has 0 atom stereocenters. The van der Waals surface area contributed by atoms with Crippen molar-refractivity contribution >= 4 is 53.3 Å². The van der Waals surface area contributed by atoms with E-state index in [2.05, 4.69) is 211 Å². The molecular weight excluding hydrogens is 773 g/mol. The third-order valence-electron chi connectivity index (χ3n) is 11.9. The summed E-state index contributed by atoms with van der Waals surface area (Å²) in [5.74, 6) is 1.84. The quantitative estimate of drug-likeness (QED) is 0.161. The molecule has 0 saturated heterocycles. The van der Waals surface area contributed by atoms with Gasteiger partial charge in [-0.25, -0.2) is 15.0 Å². The third kappa shape index (κ3) is 6.26. The van der Waals surface area contributed by atoms with Crippen molar-refractivity contribution in [3.63, 3.8) is 0 Å². The fourth-order valence-electron chi connectivity index (χ4n) is 8.87. The van der Waals surface area contributed by atoms with Gasteiger partial charge in [0.1, 0.15) is 0 Å². The zero-order valence-electron chi connectivity index (χ0n) is 33.5. The predicted octanol–water partition coefficient (Wildman–Crippen LogP) is 15.3. The molecule has 12 aromatic rings. The molecule has 0 radical (unpaired) electrons. The first-order valence-corrected chi connectivity index (χ1v) is 21.7. The van der Waals surface area contributed by atoms with Gasteiger partial charge >= 0.3 is 0 Å². The van der Waals surface area contributed by atoms with Crippen molar-refractivity contribution in [3.05, 3.63) is 218 Å². The molecule has 0 spiro atoms. The second kappa shape index (κ2) is 14.9. The van der Waals surface area contributed by atoms with Crippen molar-refractivity contribution in [2.75, 3.05) is 0 Å².